The number of aromatic nitrogens is 2. The molecule has 0 N–H and O–H groups in total. The fourth-order valence-corrected chi connectivity index (χ4v) is 1.60. The van der Waals surface area contributed by atoms with Gasteiger partial charge in [-0.15, -0.1) is 0 Å². The van der Waals surface area contributed by atoms with E-state index >= 15 is 0 Å². The van der Waals surface area contributed by atoms with Gasteiger partial charge in [-0.3, -0.25) is 4.79 Å². The Balaban J connectivity index is 2.54. The van der Waals surface area contributed by atoms with Crippen LogP contribution in [0.1, 0.15) is 27.3 Å². The van der Waals surface area contributed by atoms with Crippen molar-refractivity contribution >= 4 is 5.78 Å². The van der Waals surface area contributed by atoms with Gasteiger partial charge in [-0.1, -0.05) is 0 Å². The minimum Gasteiger partial charge on any atom is -0.288 e. The highest BCUT2D eigenvalue weighted by molar-refractivity contribution is 6.09. The van der Waals surface area contributed by atoms with E-state index < -0.39 is 17.4 Å². The van der Waals surface area contributed by atoms with Crippen LogP contribution < -0.4 is 0 Å². The van der Waals surface area contributed by atoms with Gasteiger partial charge in [0.1, 0.15) is 11.6 Å². The van der Waals surface area contributed by atoms with E-state index in [2.05, 4.69) is 10.2 Å². The van der Waals surface area contributed by atoms with E-state index in [0.29, 0.717) is 11.4 Å². The Morgan fingerprint density at radius 3 is 2.50 bits per heavy atom. The molecule has 92 valence electrons. The van der Waals surface area contributed by atoms with Gasteiger partial charge in [-0.2, -0.15) is 10.2 Å². The van der Waals surface area contributed by atoms with Gasteiger partial charge in [-0.05, 0) is 38.1 Å². The Kier molecular flexibility index (Phi) is 3.14. The highest BCUT2D eigenvalue weighted by Gasteiger charge is 2.18. The van der Waals surface area contributed by atoms with E-state index in [1.807, 2.05) is 0 Å². The molecule has 0 unspecified atom stereocenters. The first-order chi connectivity index (χ1) is 8.49. The van der Waals surface area contributed by atoms with Crippen LogP contribution in [-0.4, -0.2) is 16.0 Å². The molecule has 0 saturated heterocycles. The number of carbonyl (C=O) groups is 1. The number of hydrogen-bond donors (Lipinski definition) is 0. The van der Waals surface area contributed by atoms with Crippen LogP contribution >= 0.6 is 0 Å². The second kappa shape index (κ2) is 4.60. The number of aryl methyl sites for hydroxylation is 2. The van der Waals surface area contributed by atoms with E-state index in [0.717, 1.165) is 18.2 Å². The molecule has 1 aromatic carbocycles. The molecule has 5 heteroatoms. The van der Waals surface area contributed by atoms with Crippen LogP contribution in [0.2, 0.25) is 0 Å². The van der Waals surface area contributed by atoms with Gasteiger partial charge in [0.15, 0.2) is 5.78 Å². The van der Waals surface area contributed by atoms with Crippen LogP contribution in [0.4, 0.5) is 8.78 Å². The Hall–Kier alpha value is -2.17. The minimum atomic E-state index is -0.754. The van der Waals surface area contributed by atoms with Crippen molar-refractivity contribution in [2.45, 2.75) is 13.8 Å². The quantitative estimate of drug-likeness (QED) is 0.767. The van der Waals surface area contributed by atoms with Crippen LogP contribution in [0.5, 0.6) is 0 Å². The molecule has 0 aliphatic carbocycles. The summed E-state index contributed by atoms with van der Waals surface area (Å²) in [4.78, 5) is 12.1. The molecule has 3 nitrogen and oxygen atoms in total. The number of halogens is 2. The summed E-state index contributed by atoms with van der Waals surface area (Å²) in [7, 11) is 0. The molecule has 2 aromatic rings. The molecule has 0 aliphatic rings. The summed E-state index contributed by atoms with van der Waals surface area (Å²) in [6.45, 7) is 3.27. The fraction of sp³-hybridized carbons (Fsp3) is 0.154. The molecule has 2 rings (SSSR count). The Labute approximate surface area is 102 Å². The van der Waals surface area contributed by atoms with E-state index in [4.69, 9.17) is 0 Å². The fourth-order valence-electron chi connectivity index (χ4n) is 1.60. The summed E-state index contributed by atoms with van der Waals surface area (Å²) >= 11 is 0. The first kappa shape index (κ1) is 12.3. The lowest BCUT2D eigenvalue weighted by Crippen LogP contribution is -2.09. The van der Waals surface area contributed by atoms with E-state index in [9.17, 15) is 13.6 Å². The summed E-state index contributed by atoms with van der Waals surface area (Å²) in [5, 5.41) is 7.58. The topological polar surface area (TPSA) is 42.9 Å². The Morgan fingerprint density at radius 2 is 1.78 bits per heavy atom. The summed E-state index contributed by atoms with van der Waals surface area (Å²) in [6.07, 6.45) is 0. The molecule has 0 bridgehead atoms. The summed E-state index contributed by atoms with van der Waals surface area (Å²) in [5.41, 5.74) is 0.854. The average molecular weight is 248 g/mol. The third-order valence-electron chi connectivity index (χ3n) is 2.52. The minimum absolute atomic E-state index is 0.229. The van der Waals surface area contributed by atoms with E-state index in [1.165, 1.54) is 6.07 Å². The summed E-state index contributed by atoms with van der Waals surface area (Å²) < 4.78 is 26.6. The van der Waals surface area contributed by atoms with Crippen molar-refractivity contribution in [3.63, 3.8) is 0 Å². The zero-order valence-electron chi connectivity index (χ0n) is 9.87. The van der Waals surface area contributed by atoms with Crippen LogP contribution in [0.25, 0.3) is 0 Å². The van der Waals surface area contributed by atoms with Gasteiger partial charge in [-0.25, -0.2) is 8.78 Å². The van der Waals surface area contributed by atoms with Crippen molar-refractivity contribution in [2.24, 2.45) is 0 Å². The lowest BCUT2D eigenvalue weighted by atomic mass is 10.0. The van der Waals surface area contributed by atoms with Crippen molar-refractivity contribution in [2.75, 3.05) is 0 Å². The SMILES string of the molecule is Cc1cc(C(=O)c2cc(F)ccc2F)c(C)nn1. The Bertz CT molecular complexity index is 573. The normalized spacial score (nSPS) is 10.4. The first-order valence-corrected chi connectivity index (χ1v) is 5.29. The van der Waals surface area contributed by atoms with Gasteiger partial charge in [0.2, 0.25) is 0 Å². The van der Waals surface area contributed by atoms with Crippen LogP contribution in [0.3, 0.4) is 0 Å². The van der Waals surface area contributed by atoms with E-state index in [-0.39, 0.29) is 11.1 Å². The van der Waals surface area contributed by atoms with Gasteiger partial charge in [0, 0.05) is 5.56 Å². The number of nitrogens with zero attached hydrogens (tertiary/aromatic N) is 2. The average Bonchev–Trinajstić information content (AvgIpc) is 2.34. The number of carbonyl (C=O) groups excluding carboxylic acids is 1. The number of ketones is 1. The predicted octanol–water partition coefficient (Wildman–Crippen LogP) is 2.60. The lowest BCUT2D eigenvalue weighted by Gasteiger charge is -2.05. The Morgan fingerprint density at radius 1 is 1.06 bits per heavy atom. The molecule has 1 aromatic heterocycles. The van der Waals surface area contributed by atoms with Gasteiger partial charge in [0.05, 0.1) is 17.0 Å². The largest absolute Gasteiger partial charge is 0.288 e. The molecular formula is C13H10F2N2O. The van der Waals surface area contributed by atoms with Crippen LogP contribution in [0.15, 0.2) is 24.3 Å². The van der Waals surface area contributed by atoms with E-state index in [1.54, 1.807) is 13.8 Å². The maximum absolute atomic E-state index is 13.5. The molecule has 0 aliphatic heterocycles. The number of rotatable bonds is 2. The molecule has 18 heavy (non-hydrogen) atoms. The molecule has 0 amide bonds. The third kappa shape index (κ3) is 2.25. The maximum Gasteiger partial charge on any atom is 0.198 e. The highest BCUT2D eigenvalue weighted by atomic mass is 19.1. The maximum atomic E-state index is 13.5. The van der Waals surface area contributed by atoms with Crippen molar-refractivity contribution < 1.29 is 13.6 Å². The smallest absolute Gasteiger partial charge is 0.198 e. The summed E-state index contributed by atoms with van der Waals surface area (Å²) in [5.74, 6) is -2.01. The monoisotopic (exact) mass is 248 g/mol. The molecule has 0 spiro atoms. The molecular weight excluding hydrogens is 238 g/mol. The van der Waals surface area contributed by atoms with Crippen molar-refractivity contribution in [1.29, 1.82) is 0 Å². The molecule has 1 heterocycles. The first-order valence-electron chi connectivity index (χ1n) is 5.29. The second-order valence-corrected chi connectivity index (χ2v) is 3.94. The number of hydrogen-bond acceptors (Lipinski definition) is 3. The van der Waals surface area contributed by atoms with Gasteiger partial charge < -0.3 is 0 Å². The molecule has 0 saturated carbocycles. The summed E-state index contributed by atoms with van der Waals surface area (Å²) in [6, 6.07) is 4.29. The second-order valence-electron chi connectivity index (χ2n) is 3.94. The zero-order valence-corrected chi connectivity index (χ0v) is 9.87. The number of benzene rings is 1. The van der Waals surface area contributed by atoms with Gasteiger partial charge >= 0.3 is 0 Å². The van der Waals surface area contributed by atoms with Crippen molar-refractivity contribution in [1.82, 2.24) is 10.2 Å². The lowest BCUT2D eigenvalue weighted by molar-refractivity contribution is 0.103. The standard InChI is InChI=1S/C13H10F2N2O/c1-7-5-10(8(2)17-16-7)13(18)11-6-9(14)3-4-12(11)15/h3-6H,1-2H3. The van der Waals surface area contributed by atoms with Crippen molar-refractivity contribution in [3.8, 4) is 0 Å². The van der Waals surface area contributed by atoms with Crippen LogP contribution in [-0.2, 0) is 0 Å². The molecule has 0 fully saturated rings. The highest BCUT2D eigenvalue weighted by Crippen LogP contribution is 2.17. The molecule has 0 radical (unpaired) electrons. The molecule has 0 atom stereocenters. The van der Waals surface area contributed by atoms with Crippen molar-refractivity contribution in [3.05, 3.63) is 58.4 Å². The van der Waals surface area contributed by atoms with Gasteiger partial charge in [0.25, 0.3) is 0 Å². The van der Waals surface area contributed by atoms with Crippen LogP contribution in [0, 0.1) is 25.5 Å². The predicted molar refractivity (Wildman–Crippen MR) is 61.3 cm³/mol. The zero-order chi connectivity index (χ0) is 13.3. The third-order valence-corrected chi connectivity index (χ3v) is 2.52.